The zero-order valence-electron chi connectivity index (χ0n) is 9.99. The van der Waals surface area contributed by atoms with E-state index in [1.165, 1.54) is 0 Å². The molecule has 0 bridgehead atoms. The summed E-state index contributed by atoms with van der Waals surface area (Å²) in [5, 5.41) is 2.93. The highest BCUT2D eigenvalue weighted by Gasteiger charge is 2.44. The Kier molecular flexibility index (Phi) is 3.23. The van der Waals surface area contributed by atoms with Crippen LogP contribution in [0.3, 0.4) is 0 Å². The van der Waals surface area contributed by atoms with Gasteiger partial charge >= 0.3 is 0 Å². The van der Waals surface area contributed by atoms with E-state index in [1.54, 1.807) is 0 Å². The van der Waals surface area contributed by atoms with Crippen molar-refractivity contribution < 1.29 is 4.79 Å². The SMILES string of the molecule is O=C1Nc2ccccc2C1(Br)Cc1ccccc1Br. The van der Waals surface area contributed by atoms with Crippen molar-refractivity contribution in [1.82, 2.24) is 0 Å². The summed E-state index contributed by atoms with van der Waals surface area (Å²) in [6.07, 6.45) is 0.608. The largest absolute Gasteiger partial charge is 0.324 e. The zero-order chi connectivity index (χ0) is 13.5. The number of rotatable bonds is 2. The number of benzene rings is 2. The molecule has 1 atom stereocenters. The number of fused-ring (bicyclic) bond motifs is 1. The molecule has 2 nitrogen and oxygen atoms in total. The second-order valence-electron chi connectivity index (χ2n) is 4.57. The van der Waals surface area contributed by atoms with Crippen molar-refractivity contribution in [2.45, 2.75) is 10.7 Å². The first kappa shape index (κ1) is 12.9. The lowest BCUT2D eigenvalue weighted by atomic mass is 9.93. The first-order valence-corrected chi connectivity index (χ1v) is 7.53. The Morgan fingerprint density at radius 2 is 1.74 bits per heavy atom. The highest BCUT2D eigenvalue weighted by molar-refractivity contribution is 9.10. The number of para-hydroxylation sites is 1. The van der Waals surface area contributed by atoms with E-state index in [4.69, 9.17) is 0 Å². The van der Waals surface area contributed by atoms with Gasteiger partial charge in [-0.2, -0.15) is 0 Å². The van der Waals surface area contributed by atoms with E-state index in [0.717, 1.165) is 21.3 Å². The molecule has 2 aromatic carbocycles. The first-order chi connectivity index (χ1) is 9.11. The maximum atomic E-state index is 12.3. The molecule has 1 N–H and O–H groups in total. The number of carbonyl (C=O) groups is 1. The molecule has 96 valence electrons. The standard InChI is InChI=1S/C15H11Br2NO/c16-12-7-3-1-5-10(12)9-15(17)11-6-2-4-8-13(11)18-14(15)19/h1-8H,9H2,(H,18,19). The Labute approximate surface area is 128 Å². The van der Waals surface area contributed by atoms with E-state index in [9.17, 15) is 4.79 Å². The van der Waals surface area contributed by atoms with Crippen molar-refractivity contribution >= 4 is 43.5 Å². The van der Waals surface area contributed by atoms with E-state index >= 15 is 0 Å². The van der Waals surface area contributed by atoms with Crippen LogP contribution in [0.15, 0.2) is 53.0 Å². The molecular formula is C15H11Br2NO. The number of nitrogens with one attached hydrogen (secondary N) is 1. The van der Waals surface area contributed by atoms with Gasteiger partial charge in [-0.25, -0.2) is 0 Å². The van der Waals surface area contributed by atoms with Crippen LogP contribution in [-0.2, 0) is 15.5 Å². The highest BCUT2D eigenvalue weighted by atomic mass is 79.9. The first-order valence-electron chi connectivity index (χ1n) is 5.94. The van der Waals surface area contributed by atoms with Gasteiger partial charge in [-0.15, -0.1) is 0 Å². The number of carbonyl (C=O) groups excluding carboxylic acids is 1. The molecule has 1 amide bonds. The average molecular weight is 381 g/mol. The molecule has 0 radical (unpaired) electrons. The zero-order valence-corrected chi connectivity index (χ0v) is 13.2. The lowest BCUT2D eigenvalue weighted by Crippen LogP contribution is -2.30. The second kappa shape index (κ2) is 4.76. The van der Waals surface area contributed by atoms with Crippen LogP contribution < -0.4 is 5.32 Å². The fourth-order valence-corrected chi connectivity index (χ4v) is 3.53. The van der Waals surface area contributed by atoms with Crippen molar-refractivity contribution in [1.29, 1.82) is 0 Å². The molecule has 19 heavy (non-hydrogen) atoms. The molecule has 1 aliphatic rings. The summed E-state index contributed by atoms with van der Waals surface area (Å²) in [4.78, 5) is 12.3. The lowest BCUT2D eigenvalue weighted by Gasteiger charge is -2.20. The lowest BCUT2D eigenvalue weighted by molar-refractivity contribution is -0.117. The predicted octanol–water partition coefficient (Wildman–Crippen LogP) is 4.23. The Morgan fingerprint density at radius 3 is 2.53 bits per heavy atom. The van der Waals surface area contributed by atoms with Gasteiger partial charge in [0.05, 0.1) is 0 Å². The van der Waals surface area contributed by atoms with Gasteiger partial charge in [0.25, 0.3) is 0 Å². The van der Waals surface area contributed by atoms with Crippen LogP contribution in [0.5, 0.6) is 0 Å². The van der Waals surface area contributed by atoms with Crippen molar-refractivity contribution in [2.24, 2.45) is 0 Å². The van der Waals surface area contributed by atoms with Crippen molar-refractivity contribution in [3.63, 3.8) is 0 Å². The molecule has 2 aromatic rings. The Bertz CT molecular complexity index is 656. The van der Waals surface area contributed by atoms with E-state index in [0.29, 0.717) is 6.42 Å². The van der Waals surface area contributed by atoms with Gasteiger partial charge in [0.1, 0.15) is 4.32 Å². The second-order valence-corrected chi connectivity index (χ2v) is 6.78. The van der Waals surface area contributed by atoms with E-state index in [1.807, 2.05) is 48.5 Å². The molecule has 0 fully saturated rings. The van der Waals surface area contributed by atoms with Gasteiger partial charge in [0.2, 0.25) is 5.91 Å². The van der Waals surface area contributed by atoms with Crippen LogP contribution in [0.2, 0.25) is 0 Å². The average Bonchev–Trinajstić information content (AvgIpc) is 2.65. The van der Waals surface area contributed by atoms with Gasteiger partial charge < -0.3 is 5.32 Å². The van der Waals surface area contributed by atoms with Crippen molar-refractivity contribution in [3.8, 4) is 0 Å². The third kappa shape index (κ3) is 2.13. The molecule has 3 rings (SSSR count). The van der Waals surface area contributed by atoms with Crippen LogP contribution in [0.25, 0.3) is 0 Å². The van der Waals surface area contributed by atoms with E-state index < -0.39 is 4.32 Å². The van der Waals surface area contributed by atoms with Crippen LogP contribution in [-0.4, -0.2) is 5.91 Å². The topological polar surface area (TPSA) is 29.1 Å². The molecule has 0 saturated carbocycles. The van der Waals surface area contributed by atoms with Gasteiger partial charge in [-0.05, 0) is 17.7 Å². The van der Waals surface area contributed by atoms with Crippen molar-refractivity contribution in [2.75, 3.05) is 5.32 Å². The number of amides is 1. The van der Waals surface area contributed by atoms with Crippen LogP contribution in [0, 0.1) is 0 Å². The minimum Gasteiger partial charge on any atom is -0.324 e. The summed E-state index contributed by atoms with van der Waals surface area (Å²) in [5.74, 6) is -0.00977. The van der Waals surface area contributed by atoms with Gasteiger partial charge in [0, 0.05) is 22.1 Å². The summed E-state index contributed by atoms with van der Waals surface area (Å²) in [7, 11) is 0. The fourth-order valence-electron chi connectivity index (χ4n) is 2.36. The third-order valence-corrected chi connectivity index (χ3v) is 5.20. The van der Waals surface area contributed by atoms with E-state index in [-0.39, 0.29) is 5.91 Å². The minimum absolute atomic E-state index is 0.00977. The molecule has 0 spiro atoms. The molecule has 0 aromatic heterocycles. The molecule has 1 aliphatic heterocycles. The number of hydrogen-bond donors (Lipinski definition) is 1. The molecule has 0 aliphatic carbocycles. The minimum atomic E-state index is -0.687. The van der Waals surface area contributed by atoms with Crippen LogP contribution >= 0.6 is 31.9 Å². The third-order valence-electron chi connectivity index (χ3n) is 3.35. The van der Waals surface area contributed by atoms with Crippen molar-refractivity contribution in [3.05, 3.63) is 64.1 Å². The molecule has 1 heterocycles. The quantitative estimate of drug-likeness (QED) is 0.776. The summed E-state index contributed by atoms with van der Waals surface area (Å²) >= 11 is 7.18. The fraction of sp³-hybridized carbons (Fsp3) is 0.133. The summed E-state index contributed by atoms with van der Waals surface area (Å²) < 4.78 is 0.332. The summed E-state index contributed by atoms with van der Waals surface area (Å²) in [5.41, 5.74) is 2.98. The normalized spacial score (nSPS) is 21.1. The predicted molar refractivity (Wildman–Crippen MR) is 83.5 cm³/mol. The summed E-state index contributed by atoms with van der Waals surface area (Å²) in [6.45, 7) is 0. The number of anilines is 1. The van der Waals surface area contributed by atoms with Crippen LogP contribution in [0.1, 0.15) is 11.1 Å². The molecular weight excluding hydrogens is 370 g/mol. The van der Waals surface area contributed by atoms with E-state index in [2.05, 4.69) is 37.2 Å². The van der Waals surface area contributed by atoms with Gasteiger partial charge in [-0.3, -0.25) is 4.79 Å². The number of hydrogen-bond acceptors (Lipinski definition) is 1. The maximum absolute atomic E-state index is 12.3. The number of halogens is 2. The number of alkyl halides is 1. The molecule has 4 heteroatoms. The smallest absolute Gasteiger partial charge is 0.246 e. The summed E-state index contributed by atoms with van der Waals surface area (Å²) in [6, 6.07) is 15.8. The molecule has 1 unspecified atom stereocenters. The van der Waals surface area contributed by atoms with Crippen LogP contribution in [0.4, 0.5) is 5.69 Å². The monoisotopic (exact) mass is 379 g/mol. The Morgan fingerprint density at radius 1 is 1.05 bits per heavy atom. The van der Waals surface area contributed by atoms with Gasteiger partial charge in [-0.1, -0.05) is 68.3 Å². The maximum Gasteiger partial charge on any atom is 0.246 e. The van der Waals surface area contributed by atoms with Gasteiger partial charge in [0.15, 0.2) is 0 Å². The molecule has 0 saturated heterocycles. The Balaban J connectivity index is 2.04. The Hall–Kier alpha value is -1.13. The highest BCUT2D eigenvalue weighted by Crippen LogP contribution is 2.45.